The van der Waals surface area contributed by atoms with Gasteiger partial charge in [0.1, 0.15) is 5.82 Å². The van der Waals surface area contributed by atoms with Gasteiger partial charge in [0.05, 0.1) is 16.9 Å². The first-order valence-corrected chi connectivity index (χ1v) is 14.1. The second kappa shape index (κ2) is 11.3. The zero-order chi connectivity index (χ0) is 25.8. The van der Waals surface area contributed by atoms with E-state index in [-0.39, 0.29) is 17.1 Å². The molecule has 0 spiro atoms. The van der Waals surface area contributed by atoms with Crippen LogP contribution in [0.2, 0.25) is 0 Å². The van der Waals surface area contributed by atoms with Gasteiger partial charge in [0, 0.05) is 57.0 Å². The van der Waals surface area contributed by atoms with Gasteiger partial charge in [-0.3, -0.25) is 14.3 Å². The van der Waals surface area contributed by atoms with Crippen molar-refractivity contribution in [1.82, 2.24) is 25.1 Å². The normalized spacial score (nSPS) is 19.3. The van der Waals surface area contributed by atoms with Crippen LogP contribution in [0.1, 0.15) is 57.0 Å². The lowest BCUT2D eigenvalue weighted by Gasteiger charge is -2.43. The molecule has 7 heteroatoms. The van der Waals surface area contributed by atoms with E-state index in [2.05, 4.69) is 89.9 Å². The number of nitrogens with one attached hydrogen (secondary N) is 2. The number of hydrogen-bond donors (Lipinski definition) is 2. The molecule has 2 saturated heterocycles. The first-order chi connectivity index (χ1) is 18.1. The minimum absolute atomic E-state index is 0.00173. The van der Waals surface area contributed by atoms with Gasteiger partial charge in [-0.2, -0.15) is 0 Å². The number of anilines is 1. The predicted molar refractivity (Wildman–Crippen MR) is 152 cm³/mol. The van der Waals surface area contributed by atoms with Crippen molar-refractivity contribution in [3.05, 3.63) is 70.3 Å². The van der Waals surface area contributed by atoms with Crippen molar-refractivity contribution in [2.75, 3.05) is 51.2 Å². The molecule has 2 N–H and O–H groups in total. The van der Waals surface area contributed by atoms with Gasteiger partial charge in [-0.05, 0) is 57.0 Å². The molecule has 1 unspecified atom stereocenters. The van der Waals surface area contributed by atoms with E-state index in [4.69, 9.17) is 4.98 Å². The number of hydrogen-bond acceptors (Lipinski definition) is 6. The van der Waals surface area contributed by atoms with Crippen molar-refractivity contribution in [2.45, 2.75) is 57.7 Å². The Balaban J connectivity index is 1.44. The molecule has 5 rings (SSSR count). The number of benzene rings is 2. The summed E-state index contributed by atoms with van der Waals surface area (Å²) >= 11 is 0. The van der Waals surface area contributed by atoms with E-state index in [1.165, 1.54) is 5.56 Å². The number of fused-ring (bicyclic) bond motifs is 1. The first-order valence-electron chi connectivity index (χ1n) is 14.1. The molecule has 2 fully saturated rings. The molecular formula is C30H42N6O. The molecule has 3 aromatic rings. The van der Waals surface area contributed by atoms with E-state index >= 15 is 0 Å². The fourth-order valence-corrected chi connectivity index (χ4v) is 6.31. The third-order valence-corrected chi connectivity index (χ3v) is 8.52. The van der Waals surface area contributed by atoms with E-state index < -0.39 is 0 Å². The number of rotatable bonds is 8. The van der Waals surface area contributed by atoms with Gasteiger partial charge in [-0.1, -0.05) is 43.7 Å². The number of piperazine rings is 1. The quantitative estimate of drug-likeness (QED) is 0.488. The van der Waals surface area contributed by atoms with Crippen LogP contribution in [0.4, 0.5) is 5.69 Å². The summed E-state index contributed by atoms with van der Waals surface area (Å²) in [7, 11) is 2.07. The SMILES string of the molecule is CCCC(c1nc2ccc(N3CCC(NC)(c4ccccc4)CC3)cc2c(=O)n1CC)N1CCNCC1. The van der Waals surface area contributed by atoms with Crippen molar-refractivity contribution in [1.29, 1.82) is 0 Å². The minimum Gasteiger partial charge on any atom is -0.371 e. The summed E-state index contributed by atoms with van der Waals surface area (Å²) in [5.41, 5.74) is 3.37. The summed E-state index contributed by atoms with van der Waals surface area (Å²) in [5, 5.41) is 7.79. The molecule has 0 bridgehead atoms. The molecule has 2 aliphatic heterocycles. The van der Waals surface area contributed by atoms with Gasteiger partial charge < -0.3 is 15.5 Å². The molecule has 0 radical (unpaired) electrons. The smallest absolute Gasteiger partial charge is 0.261 e. The van der Waals surface area contributed by atoms with Gasteiger partial charge in [0.25, 0.3) is 5.56 Å². The highest BCUT2D eigenvalue weighted by atomic mass is 16.1. The fraction of sp³-hybridized carbons (Fsp3) is 0.533. The van der Waals surface area contributed by atoms with Gasteiger partial charge in [-0.15, -0.1) is 0 Å². The topological polar surface area (TPSA) is 65.4 Å². The van der Waals surface area contributed by atoms with E-state index in [1.807, 2.05) is 4.57 Å². The fourth-order valence-electron chi connectivity index (χ4n) is 6.31. The van der Waals surface area contributed by atoms with E-state index in [1.54, 1.807) is 0 Å². The lowest BCUT2D eigenvalue weighted by Crippen LogP contribution is -2.50. The van der Waals surface area contributed by atoms with Crippen LogP contribution in [-0.2, 0) is 12.1 Å². The molecule has 0 saturated carbocycles. The summed E-state index contributed by atoms with van der Waals surface area (Å²) < 4.78 is 1.92. The summed E-state index contributed by atoms with van der Waals surface area (Å²) in [5.74, 6) is 0.927. The molecule has 198 valence electrons. The lowest BCUT2D eigenvalue weighted by atomic mass is 9.81. The van der Waals surface area contributed by atoms with Crippen molar-refractivity contribution >= 4 is 16.6 Å². The summed E-state index contributed by atoms with van der Waals surface area (Å²) in [6.45, 7) is 10.8. The minimum atomic E-state index is -0.00173. The maximum atomic E-state index is 13.8. The molecule has 2 aromatic carbocycles. The molecule has 7 nitrogen and oxygen atoms in total. The van der Waals surface area contributed by atoms with Crippen molar-refractivity contribution in [3.63, 3.8) is 0 Å². The third kappa shape index (κ3) is 5.05. The Morgan fingerprint density at radius 1 is 1.03 bits per heavy atom. The molecule has 2 aliphatic rings. The summed E-state index contributed by atoms with van der Waals surface area (Å²) in [4.78, 5) is 23.9. The first kappa shape index (κ1) is 25.9. The van der Waals surface area contributed by atoms with Crippen LogP contribution in [0.15, 0.2) is 53.3 Å². The molecule has 37 heavy (non-hydrogen) atoms. The van der Waals surface area contributed by atoms with Crippen LogP contribution in [0.5, 0.6) is 0 Å². The monoisotopic (exact) mass is 502 g/mol. The zero-order valence-corrected chi connectivity index (χ0v) is 22.7. The Bertz CT molecular complexity index is 1240. The highest BCUT2D eigenvalue weighted by Crippen LogP contribution is 2.35. The van der Waals surface area contributed by atoms with Crippen LogP contribution in [0.25, 0.3) is 10.9 Å². The van der Waals surface area contributed by atoms with Crippen LogP contribution in [-0.4, -0.2) is 60.8 Å². The Morgan fingerprint density at radius 2 is 1.76 bits per heavy atom. The number of piperidine rings is 1. The number of nitrogens with zero attached hydrogens (tertiary/aromatic N) is 4. The van der Waals surface area contributed by atoms with Crippen LogP contribution in [0.3, 0.4) is 0 Å². The Labute approximate surface area is 220 Å². The number of aromatic nitrogens is 2. The molecule has 1 atom stereocenters. The summed E-state index contributed by atoms with van der Waals surface area (Å²) in [6.07, 6.45) is 4.12. The van der Waals surface area contributed by atoms with Gasteiger partial charge in [0.15, 0.2) is 0 Å². The molecule has 0 amide bonds. The Hall–Kier alpha value is -2.74. The average Bonchev–Trinajstić information content (AvgIpc) is 2.97. The molecule has 0 aliphatic carbocycles. The summed E-state index contributed by atoms with van der Waals surface area (Å²) in [6, 6.07) is 17.3. The maximum absolute atomic E-state index is 13.8. The van der Waals surface area contributed by atoms with Crippen LogP contribution >= 0.6 is 0 Å². The van der Waals surface area contributed by atoms with Crippen molar-refractivity contribution in [2.24, 2.45) is 0 Å². The molecular weight excluding hydrogens is 460 g/mol. The van der Waals surface area contributed by atoms with E-state index in [9.17, 15) is 4.79 Å². The zero-order valence-electron chi connectivity index (χ0n) is 22.7. The second-order valence-electron chi connectivity index (χ2n) is 10.5. The third-order valence-electron chi connectivity index (χ3n) is 8.52. The largest absolute Gasteiger partial charge is 0.371 e. The van der Waals surface area contributed by atoms with Gasteiger partial charge in [0.2, 0.25) is 0 Å². The van der Waals surface area contributed by atoms with Gasteiger partial charge >= 0.3 is 0 Å². The Kier molecular flexibility index (Phi) is 7.93. The van der Waals surface area contributed by atoms with Crippen molar-refractivity contribution < 1.29 is 0 Å². The van der Waals surface area contributed by atoms with Crippen LogP contribution in [0, 0.1) is 0 Å². The van der Waals surface area contributed by atoms with Gasteiger partial charge in [-0.25, -0.2) is 4.98 Å². The second-order valence-corrected chi connectivity index (χ2v) is 10.5. The highest BCUT2D eigenvalue weighted by molar-refractivity contribution is 5.82. The molecule has 1 aromatic heterocycles. The predicted octanol–water partition coefficient (Wildman–Crippen LogP) is 3.88. The average molecular weight is 503 g/mol. The Morgan fingerprint density at radius 3 is 2.41 bits per heavy atom. The van der Waals surface area contributed by atoms with E-state index in [0.29, 0.717) is 6.54 Å². The maximum Gasteiger partial charge on any atom is 0.261 e. The lowest BCUT2D eigenvalue weighted by molar-refractivity contribution is 0.154. The standard InChI is InChI=1S/C30H42N6O/c1-4-9-27(35-20-16-32-17-21-35)28-33-26-13-12-24(22-25(26)29(37)36(28)5-2)34-18-14-30(31-3,15-19-34)23-10-7-6-8-11-23/h6-8,10-13,22,27,31-32H,4-5,9,14-21H2,1-3H3. The highest BCUT2D eigenvalue weighted by Gasteiger charge is 2.35. The van der Waals surface area contributed by atoms with Crippen LogP contribution < -0.4 is 21.1 Å². The van der Waals surface area contributed by atoms with E-state index in [0.717, 1.165) is 87.4 Å². The van der Waals surface area contributed by atoms with Crippen molar-refractivity contribution in [3.8, 4) is 0 Å². The molecule has 3 heterocycles.